The van der Waals surface area contributed by atoms with Crippen LogP contribution < -0.4 is 10.6 Å². The molecule has 2 unspecified atom stereocenters. The second kappa shape index (κ2) is 6.65. The van der Waals surface area contributed by atoms with E-state index in [0.717, 1.165) is 5.92 Å². The van der Waals surface area contributed by atoms with Crippen LogP contribution in [0.15, 0.2) is 30.3 Å². The molecule has 2 atom stereocenters. The summed E-state index contributed by atoms with van der Waals surface area (Å²) in [7, 11) is 2.14. The summed E-state index contributed by atoms with van der Waals surface area (Å²) >= 11 is 0. The number of anilines is 1. The lowest BCUT2D eigenvalue weighted by atomic mass is 9.91. The highest BCUT2D eigenvalue weighted by atomic mass is 15.1. The molecule has 1 rings (SSSR count). The van der Waals surface area contributed by atoms with Crippen LogP contribution in [-0.4, -0.2) is 19.6 Å². The highest BCUT2D eigenvalue weighted by Gasteiger charge is 2.21. The Morgan fingerprint density at radius 2 is 1.71 bits per heavy atom. The van der Waals surface area contributed by atoms with Crippen LogP contribution >= 0.6 is 0 Å². The van der Waals surface area contributed by atoms with Crippen LogP contribution in [0.25, 0.3) is 0 Å². The molecular formula is C15H26N2. The van der Waals surface area contributed by atoms with Crippen molar-refractivity contribution < 1.29 is 0 Å². The number of para-hydroxylation sites is 1. The Morgan fingerprint density at radius 1 is 1.12 bits per heavy atom. The molecule has 0 saturated carbocycles. The second-order valence-corrected chi connectivity index (χ2v) is 5.36. The molecule has 0 aliphatic carbocycles. The molecule has 0 aliphatic heterocycles. The molecule has 0 spiro atoms. The van der Waals surface area contributed by atoms with E-state index in [0.29, 0.717) is 18.5 Å². The molecule has 2 nitrogen and oxygen atoms in total. The Balaban J connectivity index is 2.73. The number of likely N-dealkylation sites (N-methyl/N-ethyl adjacent to an activating group) is 1. The molecule has 17 heavy (non-hydrogen) atoms. The molecule has 96 valence electrons. The summed E-state index contributed by atoms with van der Waals surface area (Å²) in [5.74, 6) is 1.34. The van der Waals surface area contributed by atoms with Crippen LogP contribution in [-0.2, 0) is 0 Å². The lowest BCUT2D eigenvalue weighted by molar-refractivity contribution is 0.367. The van der Waals surface area contributed by atoms with E-state index in [-0.39, 0.29) is 0 Å². The van der Waals surface area contributed by atoms with Crippen LogP contribution in [0, 0.1) is 11.8 Å². The van der Waals surface area contributed by atoms with E-state index in [1.54, 1.807) is 0 Å². The van der Waals surface area contributed by atoms with Gasteiger partial charge in [0.2, 0.25) is 0 Å². The number of nitrogens with two attached hydrogens (primary N) is 1. The largest absolute Gasteiger partial charge is 0.370 e. The van der Waals surface area contributed by atoms with E-state index in [4.69, 9.17) is 5.73 Å². The molecule has 2 N–H and O–H groups in total. The van der Waals surface area contributed by atoms with Gasteiger partial charge in [0, 0.05) is 25.3 Å². The van der Waals surface area contributed by atoms with Gasteiger partial charge in [0.05, 0.1) is 0 Å². The zero-order valence-electron chi connectivity index (χ0n) is 11.6. The van der Waals surface area contributed by atoms with Crippen LogP contribution in [0.4, 0.5) is 5.69 Å². The molecule has 0 bridgehead atoms. The zero-order chi connectivity index (χ0) is 12.8. The van der Waals surface area contributed by atoms with Crippen LogP contribution in [0.5, 0.6) is 0 Å². The third-order valence-corrected chi connectivity index (χ3v) is 3.40. The number of rotatable bonds is 6. The van der Waals surface area contributed by atoms with E-state index in [1.807, 2.05) is 6.07 Å². The van der Waals surface area contributed by atoms with Gasteiger partial charge >= 0.3 is 0 Å². The van der Waals surface area contributed by atoms with Gasteiger partial charge in [-0.25, -0.2) is 0 Å². The van der Waals surface area contributed by atoms with E-state index in [1.165, 1.54) is 12.1 Å². The van der Waals surface area contributed by atoms with Crippen molar-refractivity contribution in [2.45, 2.75) is 33.2 Å². The molecule has 1 aromatic carbocycles. The van der Waals surface area contributed by atoms with Crippen molar-refractivity contribution in [3.8, 4) is 0 Å². The van der Waals surface area contributed by atoms with Crippen molar-refractivity contribution >= 4 is 5.69 Å². The maximum Gasteiger partial charge on any atom is 0.0434 e. The lowest BCUT2D eigenvalue weighted by Gasteiger charge is -2.34. The first-order chi connectivity index (χ1) is 8.06. The monoisotopic (exact) mass is 234 g/mol. The normalized spacial score (nSPS) is 14.7. The zero-order valence-corrected chi connectivity index (χ0v) is 11.6. The molecule has 0 saturated heterocycles. The SMILES string of the molecule is CC(C)CC(C)C(CN)N(C)c1ccccc1. The summed E-state index contributed by atoms with van der Waals surface area (Å²) in [4.78, 5) is 2.31. The third kappa shape index (κ3) is 4.04. The minimum Gasteiger partial charge on any atom is -0.370 e. The van der Waals surface area contributed by atoms with Crippen LogP contribution in [0.2, 0.25) is 0 Å². The summed E-state index contributed by atoms with van der Waals surface area (Å²) < 4.78 is 0. The average Bonchev–Trinajstić information content (AvgIpc) is 2.30. The van der Waals surface area contributed by atoms with Gasteiger partial charge in [-0.2, -0.15) is 0 Å². The van der Waals surface area contributed by atoms with Gasteiger partial charge in [0.1, 0.15) is 0 Å². The highest BCUT2D eigenvalue weighted by Crippen LogP contribution is 2.22. The lowest BCUT2D eigenvalue weighted by Crippen LogP contribution is -2.43. The van der Waals surface area contributed by atoms with Crippen molar-refractivity contribution in [1.29, 1.82) is 0 Å². The van der Waals surface area contributed by atoms with E-state index in [9.17, 15) is 0 Å². The van der Waals surface area contributed by atoms with Crippen molar-refractivity contribution in [2.24, 2.45) is 17.6 Å². The highest BCUT2D eigenvalue weighted by molar-refractivity contribution is 5.46. The van der Waals surface area contributed by atoms with Gasteiger partial charge in [-0.1, -0.05) is 39.0 Å². The molecule has 0 aromatic heterocycles. The number of hydrogen-bond acceptors (Lipinski definition) is 2. The average molecular weight is 234 g/mol. The first-order valence-electron chi connectivity index (χ1n) is 6.54. The third-order valence-electron chi connectivity index (χ3n) is 3.40. The standard InChI is InChI=1S/C15H26N2/c1-12(2)10-13(3)15(11-16)17(4)14-8-6-5-7-9-14/h5-9,12-13,15H,10-11,16H2,1-4H3. The molecule has 0 amide bonds. The van der Waals surface area contributed by atoms with Gasteiger partial charge in [-0.15, -0.1) is 0 Å². The quantitative estimate of drug-likeness (QED) is 0.819. The van der Waals surface area contributed by atoms with Gasteiger partial charge in [0.15, 0.2) is 0 Å². The van der Waals surface area contributed by atoms with Gasteiger partial charge in [0.25, 0.3) is 0 Å². The summed E-state index contributed by atoms with van der Waals surface area (Å²) in [6, 6.07) is 10.9. The summed E-state index contributed by atoms with van der Waals surface area (Å²) in [5.41, 5.74) is 7.19. The maximum absolute atomic E-state index is 5.95. The predicted octanol–water partition coefficient (Wildman–Crippen LogP) is 3.13. The number of nitrogens with zero attached hydrogens (tertiary/aromatic N) is 1. The van der Waals surface area contributed by atoms with E-state index in [2.05, 4.69) is 57.0 Å². The van der Waals surface area contributed by atoms with Gasteiger partial charge in [-0.3, -0.25) is 0 Å². The molecule has 0 radical (unpaired) electrons. The van der Waals surface area contributed by atoms with Gasteiger partial charge < -0.3 is 10.6 Å². The molecule has 0 fully saturated rings. The topological polar surface area (TPSA) is 29.3 Å². The molecule has 2 heteroatoms. The minimum atomic E-state index is 0.416. The van der Waals surface area contributed by atoms with Crippen molar-refractivity contribution in [2.75, 3.05) is 18.5 Å². The molecule has 0 heterocycles. The summed E-state index contributed by atoms with van der Waals surface area (Å²) in [6.45, 7) is 7.55. The van der Waals surface area contributed by atoms with E-state index >= 15 is 0 Å². The maximum atomic E-state index is 5.95. The Labute approximate surface area is 106 Å². The molecule has 0 aliphatic rings. The fraction of sp³-hybridized carbons (Fsp3) is 0.600. The Morgan fingerprint density at radius 3 is 2.18 bits per heavy atom. The predicted molar refractivity (Wildman–Crippen MR) is 76.3 cm³/mol. The Kier molecular flexibility index (Phi) is 5.49. The van der Waals surface area contributed by atoms with Crippen molar-refractivity contribution in [3.63, 3.8) is 0 Å². The smallest absolute Gasteiger partial charge is 0.0434 e. The number of hydrogen-bond donors (Lipinski definition) is 1. The molecular weight excluding hydrogens is 208 g/mol. The number of benzene rings is 1. The van der Waals surface area contributed by atoms with Gasteiger partial charge in [-0.05, 0) is 30.4 Å². The fourth-order valence-electron chi connectivity index (χ4n) is 2.53. The van der Waals surface area contributed by atoms with Crippen molar-refractivity contribution in [1.82, 2.24) is 0 Å². The van der Waals surface area contributed by atoms with Crippen LogP contribution in [0.3, 0.4) is 0 Å². The van der Waals surface area contributed by atoms with Crippen LogP contribution in [0.1, 0.15) is 27.2 Å². The summed E-state index contributed by atoms with van der Waals surface area (Å²) in [6.07, 6.45) is 1.22. The van der Waals surface area contributed by atoms with E-state index < -0.39 is 0 Å². The first-order valence-corrected chi connectivity index (χ1v) is 6.54. The van der Waals surface area contributed by atoms with Crippen molar-refractivity contribution in [3.05, 3.63) is 30.3 Å². The Bertz CT molecular complexity index is 308. The second-order valence-electron chi connectivity index (χ2n) is 5.36. The summed E-state index contributed by atoms with van der Waals surface area (Å²) in [5, 5.41) is 0. The fourth-order valence-corrected chi connectivity index (χ4v) is 2.53. The molecule has 1 aromatic rings. The minimum absolute atomic E-state index is 0.416. The Hall–Kier alpha value is -1.02. The first kappa shape index (κ1) is 14.0.